The Bertz CT molecular complexity index is 546. The average molecular weight is 272 g/mol. The molecule has 0 bridgehead atoms. The molecular formula is C15H20N4O. The first-order valence-corrected chi connectivity index (χ1v) is 7.25. The van der Waals surface area contributed by atoms with Gasteiger partial charge >= 0.3 is 0 Å². The molecule has 1 N–H and O–H groups in total. The van der Waals surface area contributed by atoms with Crippen molar-refractivity contribution in [2.45, 2.75) is 38.0 Å². The van der Waals surface area contributed by atoms with Crippen molar-refractivity contribution in [1.82, 2.24) is 20.4 Å². The van der Waals surface area contributed by atoms with Crippen molar-refractivity contribution in [1.29, 1.82) is 0 Å². The summed E-state index contributed by atoms with van der Waals surface area (Å²) in [5, 5.41) is 7.55. The van der Waals surface area contributed by atoms with Crippen molar-refractivity contribution in [2.24, 2.45) is 0 Å². The van der Waals surface area contributed by atoms with E-state index in [1.54, 1.807) is 12.4 Å². The fourth-order valence-corrected chi connectivity index (χ4v) is 2.85. The second-order valence-electron chi connectivity index (χ2n) is 5.43. The number of aromatic nitrogens is 3. The van der Waals surface area contributed by atoms with E-state index in [0.717, 1.165) is 49.6 Å². The lowest BCUT2D eigenvalue weighted by atomic mass is 9.76. The van der Waals surface area contributed by atoms with E-state index in [1.165, 1.54) is 0 Å². The third kappa shape index (κ3) is 2.58. The van der Waals surface area contributed by atoms with Crippen LogP contribution in [0.15, 0.2) is 29.0 Å². The minimum absolute atomic E-state index is 0.0642. The van der Waals surface area contributed by atoms with Crippen molar-refractivity contribution in [3.8, 4) is 0 Å². The molecule has 0 atom stereocenters. The predicted octanol–water partition coefficient (Wildman–Crippen LogP) is 2.09. The minimum Gasteiger partial charge on any atom is -0.339 e. The zero-order valence-corrected chi connectivity index (χ0v) is 11.8. The van der Waals surface area contributed by atoms with Crippen LogP contribution in [0.5, 0.6) is 0 Å². The minimum atomic E-state index is 0.0642. The van der Waals surface area contributed by atoms with Crippen LogP contribution in [0.25, 0.3) is 0 Å². The van der Waals surface area contributed by atoms with Gasteiger partial charge in [0.25, 0.3) is 0 Å². The Morgan fingerprint density at radius 1 is 1.25 bits per heavy atom. The van der Waals surface area contributed by atoms with Gasteiger partial charge in [-0.1, -0.05) is 12.1 Å². The van der Waals surface area contributed by atoms with E-state index in [2.05, 4.69) is 27.4 Å². The van der Waals surface area contributed by atoms with Gasteiger partial charge in [-0.15, -0.1) is 0 Å². The summed E-state index contributed by atoms with van der Waals surface area (Å²) >= 11 is 0. The van der Waals surface area contributed by atoms with Crippen LogP contribution >= 0.6 is 0 Å². The highest BCUT2D eigenvalue weighted by Crippen LogP contribution is 2.35. The van der Waals surface area contributed by atoms with Crippen LogP contribution in [0.2, 0.25) is 0 Å². The molecule has 0 aromatic carbocycles. The van der Waals surface area contributed by atoms with Crippen LogP contribution in [-0.2, 0) is 11.8 Å². The Labute approximate surface area is 118 Å². The van der Waals surface area contributed by atoms with Crippen molar-refractivity contribution < 1.29 is 4.52 Å². The standard InChI is InChI=1S/C15H20N4O/c1-2-15(5-9-17-10-6-15)14-18-13(19-20-14)11-12-3-7-16-8-4-12/h3-4,7-8,17H,2,5-6,9-11H2,1H3. The van der Waals surface area contributed by atoms with Crippen molar-refractivity contribution in [2.75, 3.05) is 13.1 Å². The fourth-order valence-electron chi connectivity index (χ4n) is 2.85. The molecule has 106 valence electrons. The summed E-state index contributed by atoms with van der Waals surface area (Å²) in [6, 6.07) is 3.96. The summed E-state index contributed by atoms with van der Waals surface area (Å²) in [6.45, 7) is 4.25. The van der Waals surface area contributed by atoms with Crippen molar-refractivity contribution in [3.05, 3.63) is 41.8 Å². The molecule has 5 nitrogen and oxygen atoms in total. The van der Waals surface area contributed by atoms with E-state index < -0.39 is 0 Å². The van der Waals surface area contributed by atoms with Crippen LogP contribution in [0.3, 0.4) is 0 Å². The van der Waals surface area contributed by atoms with Crippen LogP contribution in [-0.4, -0.2) is 28.2 Å². The van der Waals surface area contributed by atoms with Gasteiger partial charge in [-0.2, -0.15) is 4.98 Å². The summed E-state index contributed by atoms with van der Waals surface area (Å²) in [5.41, 5.74) is 1.22. The number of hydrogen-bond acceptors (Lipinski definition) is 5. The number of hydrogen-bond donors (Lipinski definition) is 1. The van der Waals surface area contributed by atoms with Crippen LogP contribution in [0.1, 0.15) is 43.5 Å². The number of rotatable bonds is 4. The molecule has 5 heteroatoms. The quantitative estimate of drug-likeness (QED) is 0.923. The zero-order chi connectivity index (χ0) is 13.8. The lowest BCUT2D eigenvalue weighted by Crippen LogP contribution is -2.39. The van der Waals surface area contributed by atoms with E-state index in [4.69, 9.17) is 4.52 Å². The number of piperidine rings is 1. The zero-order valence-electron chi connectivity index (χ0n) is 11.8. The predicted molar refractivity (Wildman–Crippen MR) is 75.4 cm³/mol. The SMILES string of the molecule is CCC1(c2nc(Cc3ccncc3)no2)CCNCC1. The molecule has 0 aliphatic carbocycles. The lowest BCUT2D eigenvalue weighted by molar-refractivity contribution is 0.216. The monoisotopic (exact) mass is 272 g/mol. The summed E-state index contributed by atoms with van der Waals surface area (Å²) < 4.78 is 5.57. The van der Waals surface area contributed by atoms with E-state index in [-0.39, 0.29) is 5.41 Å². The molecule has 0 amide bonds. The van der Waals surface area contributed by atoms with E-state index in [9.17, 15) is 0 Å². The first-order valence-electron chi connectivity index (χ1n) is 7.25. The van der Waals surface area contributed by atoms with Gasteiger partial charge in [0.2, 0.25) is 5.89 Å². The molecule has 1 fully saturated rings. The van der Waals surface area contributed by atoms with Gasteiger partial charge in [0.05, 0.1) is 5.41 Å². The summed E-state index contributed by atoms with van der Waals surface area (Å²) in [4.78, 5) is 8.66. The Morgan fingerprint density at radius 2 is 2.00 bits per heavy atom. The summed E-state index contributed by atoms with van der Waals surface area (Å²) in [7, 11) is 0. The highest BCUT2D eigenvalue weighted by atomic mass is 16.5. The molecule has 2 aromatic heterocycles. The molecule has 20 heavy (non-hydrogen) atoms. The van der Waals surface area contributed by atoms with Gasteiger partial charge in [0, 0.05) is 18.8 Å². The Hall–Kier alpha value is -1.75. The van der Waals surface area contributed by atoms with Crippen LogP contribution in [0.4, 0.5) is 0 Å². The third-order valence-corrected chi connectivity index (χ3v) is 4.27. The summed E-state index contributed by atoms with van der Waals surface area (Å²) in [5.74, 6) is 1.57. The Balaban J connectivity index is 1.79. The second kappa shape index (κ2) is 5.71. The maximum absolute atomic E-state index is 5.57. The van der Waals surface area contributed by atoms with Gasteiger partial charge < -0.3 is 9.84 Å². The third-order valence-electron chi connectivity index (χ3n) is 4.27. The topological polar surface area (TPSA) is 63.8 Å². The van der Waals surface area contributed by atoms with Gasteiger partial charge in [-0.05, 0) is 50.0 Å². The van der Waals surface area contributed by atoms with Gasteiger partial charge in [-0.3, -0.25) is 4.98 Å². The first kappa shape index (κ1) is 13.2. The maximum atomic E-state index is 5.57. The Kier molecular flexibility index (Phi) is 3.78. The first-order chi connectivity index (χ1) is 9.82. The highest BCUT2D eigenvalue weighted by molar-refractivity contribution is 5.16. The van der Waals surface area contributed by atoms with Crippen molar-refractivity contribution >= 4 is 0 Å². The Morgan fingerprint density at radius 3 is 2.70 bits per heavy atom. The average Bonchev–Trinajstić information content (AvgIpc) is 2.98. The maximum Gasteiger partial charge on any atom is 0.232 e. The molecule has 0 saturated carbocycles. The molecule has 1 aliphatic rings. The molecular weight excluding hydrogens is 252 g/mol. The molecule has 3 rings (SSSR count). The summed E-state index contributed by atoms with van der Waals surface area (Å²) in [6.07, 6.45) is 7.46. The molecule has 1 saturated heterocycles. The normalized spacial score (nSPS) is 18.1. The van der Waals surface area contributed by atoms with E-state index >= 15 is 0 Å². The molecule has 2 aromatic rings. The smallest absolute Gasteiger partial charge is 0.232 e. The molecule has 1 aliphatic heterocycles. The largest absolute Gasteiger partial charge is 0.339 e. The molecule has 0 radical (unpaired) electrons. The lowest BCUT2D eigenvalue weighted by Gasteiger charge is -2.33. The van der Waals surface area contributed by atoms with E-state index in [1.807, 2.05) is 12.1 Å². The van der Waals surface area contributed by atoms with Gasteiger partial charge in [0.15, 0.2) is 5.82 Å². The number of pyridine rings is 1. The molecule has 0 spiro atoms. The molecule has 0 unspecified atom stereocenters. The highest BCUT2D eigenvalue weighted by Gasteiger charge is 2.37. The number of nitrogens with one attached hydrogen (secondary N) is 1. The van der Waals surface area contributed by atoms with Crippen LogP contribution in [0, 0.1) is 0 Å². The number of nitrogens with zero attached hydrogens (tertiary/aromatic N) is 3. The van der Waals surface area contributed by atoms with Crippen molar-refractivity contribution in [3.63, 3.8) is 0 Å². The van der Waals surface area contributed by atoms with E-state index in [0.29, 0.717) is 6.42 Å². The molecule has 3 heterocycles. The second-order valence-corrected chi connectivity index (χ2v) is 5.43. The van der Waals surface area contributed by atoms with Crippen LogP contribution < -0.4 is 5.32 Å². The van der Waals surface area contributed by atoms with Gasteiger partial charge in [0.1, 0.15) is 0 Å². The van der Waals surface area contributed by atoms with Gasteiger partial charge in [-0.25, -0.2) is 0 Å². The fraction of sp³-hybridized carbons (Fsp3) is 0.533.